The minimum absolute atomic E-state index is 0. The average Bonchev–Trinajstić information content (AvgIpc) is 2.70. The Kier molecular flexibility index (Phi) is 5.87. The smallest absolute Gasteiger partial charge is 0.262 e. The molecule has 21 heavy (non-hydrogen) atoms. The number of amides is 3. The van der Waals surface area contributed by atoms with Gasteiger partial charge in [-0.15, -0.1) is 12.4 Å². The molecule has 0 saturated carbocycles. The van der Waals surface area contributed by atoms with E-state index in [4.69, 9.17) is 0 Å². The van der Waals surface area contributed by atoms with E-state index in [-0.39, 0.29) is 24.9 Å². The molecule has 114 valence electrons. The van der Waals surface area contributed by atoms with Crippen LogP contribution in [0.5, 0.6) is 0 Å². The molecular weight excluding hydrogens is 294 g/mol. The van der Waals surface area contributed by atoms with Crippen molar-refractivity contribution in [1.29, 1.82) is 0 Å². The van der Waals surface area contributed by atoms with Gasteiger partial charge in [-0.05, 0) is 19.2 Å². The molecule has 1 heterocycles. The number of rotatable bonds is 5. The maximum atomic E-state index is 12.1. The Morgan fingerprint density at radius 1 is 1.19 bits per heavy atom. The van der Waals surface area contributed by atoms with E-state index in [1.54, 1.807) is 38.4 Å². The fourth-order valence-corrected chi connectivity index (χ4v) is 2.04. The maximum absolute atomic E-state index is 12.1. The van der Waals surface area contributed by atoms with Crippen LogP contribution in [0, 0.1) is 0 Å². The monoisotopic (exact) mass is 311 g/mol. The molecule has 1 N–H and O–H groups in total. The third kappa shape index (κ3) is 3.40. The van der Waals surface area contributed by atoms with Crippen LogP contribution in [0.2, 0.25) is 0 Å². The van der Waals surface area contributed by atoms with Gasteiger partial charge in [-0.3, -0.25) is 19.3 Å². The van der Waals surface area contributed by atoms with Crippen LogP contribution in [0.25, 0.3) is 0 Å². The Bertz CT molecular complexity index is 527. The number of likely N-dealkylation sites (N-methyl/N-ethyl adjacent to an activating group) is 2. The summed E-state index contributed by atoms with van der Waals surface area (Å²) in [7, 11) is 3.44. The lowest BCUT2D eigenvalue weighted by atomic mass is 10.1. The lowest BCUT2D eigenvalue weighted by Gasteiger charge is -2.20. The molecular formula is C14H18ClN3O3. The lowest BCUT2D eigenvalue weighted by Crippen LogP contribution is -2.42. The summed E-state index contributed by atoms with van der Waals surface area (Å²) in [5.74, 6) is -1.06. The molecule has 1 aromatic rings. The molecule has 1 aromatic carbocycles. The normalized spacial score (nSPS) is 13.0. The number of nitrogens with zero attached hydrogens (tertiary/aromatic N) is 2. The molecule has 1 aliphatic heterocycles. The zero-order valence-electron chi connectivity index (χ0n) is 12.0. The SMILES string of the molecule is CNCCN(C)C(=O)CN1C(=O)c2ccccc2C1=O.Cl. The van der Waals surface area contributed by atoms with Crippen LogP contribution in [0.4, 0.5) is 0 Å². The summed E-state index contributed by atoms with van der Waals surface area (Å²) in [6.45, 7) is 0.968. The molecule has 0 aromatic heterocycles. The van der Waals surface area contributed by atoms with E-state index in [1.807, 2.05) is 0 Å². The van der Waals surface area contributed by atoms with Gasteiger partial charge >= 0.3 is 0 Å². The second kappa shape index (κ2) is 7.19. The maximum Gasteiger partial charge on any atom is 0.262 e. The van der Waals surface area contributed by atoms with Gasteiger partial charge in [0.15, 0.2) is 0 Å². The summed E-state index contributed by atoms with van der Waals surface area (Å²) in [6, 6.07) is 6.61. The van der Waals surface area contributed by atoms with Crippen LogP contribution in [0.1, 0.15) is 20.7 Å². The summed E-state index contributed by atoms with van der Waals surface area (Å²) < 4.78 is 0. The van der Waals surface area contributed by atoms with E-state index in [2.05, 4.69) is 5.32 Å². The van der Waals surface area contributed by atoms with Crippen molar-refractivity contribution in [3.63, 3.8) is 0 Å². The second-order valence-electron chi connectivity index (χ2n) is 4.66. The first-order chi connectivity index (χ1) is 9.56. The molecule has 0 unspecified atom stereocenters. The summed E-state index contributed by atoms with van der Waals surface area (Å²) >= 11 is 0. The van der Waals surface area contributed by atoms with Gasteiger partial charge in [0, 0.05) is 20.1 Å². The van der Waals surface area contributed by atoms with E-state index in [0.29, 0.717) is 24.2 Å². The fourth-order valence-electron chi connectivity index (χ4n) is 2.04. The van der Waals surface area contributed by atoms with Crippen molar-refractivity contribution < 1.29 is 14.4 Å². The summed E-state index contributed by atoms with van der Waals surface area (Å²) in [4.78, 5) is 38.7. The highest BCUT2D eigenvalue weighted by Crippen LogP contribution is 2.22. The highest BCUT2D eigenvalue weighted by Gasteiger charge is 2.36. The molecule has 0 fully saturated rings. The predicted molar refractivity (Wildman–Crippen MR) is 80.6 cm³/mol. The quantitative estimate of drug-likeness (QED) is 0.798. The number of benzene rings is 1. The zero-order valence-corrected chi connectivity index (χ0v) is 12.8. The third-order valence-electron chi connectivity index (χ3n) is 3.29. The summed E-state index contributed by atoms with van der Waals surface area (Å²) in [5, 5.41) is 2.94. The first-order valence-corrected chi connectivity index (χ1v) is 6.40. The highest BCUT2D eigenvalue weighted by atomic mass is 35.5. The summed E-state index contributed by atoms with van der Waals surface area (Å²) in [6.07, 6.45) is 0. The van der Waals surface area contributed by atoms with Crippen LogP contribution < -0.4 is 5.32 Å². The standard InChI is InChI=1S/C14H17N3O3.ClH/c1-15-7-8-16(2)12(18)9-17-13(19)10-5-3-4-6-11(10)14(17)20;/h3-6,15H,7-9H2,1-2H3;1H. The second-order valence-corrected chi connectivity index (χ2v) is 4.66. The van der Waals surface area contributed by atoms with Gasteiger partial charge in [0.25, 0.3) is 11.8 Å². The first-order valence-electron chi connectivity index (χ1n) is 6.40. The minimum Gasteiger partial charge on any atom is -0.343 e. The van der Waals surface area contributed by atoms with Crippen LogP contribution in [-0.2, 0) is 4.79 Å². The van der Waals surface area contributed by atoms with Crippen molar-refractivity contribution in [3.8, 4) is 0 Å². The van der Waals surface area contributed by atoms with Crippen LogP contribution >= 0.6 is 12.4 Å². The third-order valence-corrected chi connectivity index (χ3v) is 3.29. The Balaban J connectivity index is 0.00000220. The molecule has 0 radical (unpaired) electrons. The lowest BCUT2D eigenvalue weighted by molar-refractivity contribution is -0.130. The highest BCUT2D eigenvalue weighted by molar-refractivity contribution is 6.22. The Morgan fingerprint density at radius 2 is 1.71 bits per heavy atom. The molecule has 7 heteroatoms. The molecule has 0 atom stereocenters. The van der Waals surface area contributed by atoms with Crippen molar-refractivity contribution in [2.45, 2.75) is 0 Å². The largest absolute Gasteiger partial charge is 0.343 e. The van der Waals surface area contributed by atoms with E-state index in [1.165, 1.54) is 4.90 Å². The molecule has 2 rings (SSSR count). The van der Waals surface area contributed by atoms with E-state index < -0.39 is 11.8 Å². The zero-order chi connectivity index (χ0) is 14.7. The van der Waals surface area contributed by atoms with Gasteiger partial charge in [-0.2, -0.15) is 0 Å². The van der Waals surface area contributed by atoms with Crippen LogP contribution in [-0.4, -0.2) is 61.3 Å². The molecule has 0 aliphatic carbocycles. The predicted octanol–water partition coefficient (Wildman–Crippen LogP) is 0.382. The van der Waals surface area contributed by atoms with Gasteiger partial charge in [0.05, 0.1) is 11.1 Å². The molecule has 1 aliphatic rings. The number of carbonyl (C=O) groups is 3. The molecule has 0 saturated heterocycles. The Labute approximate surface area is 129 Å². The Hall–Kier alpha value is -1.92. The van der Waals surface area contributed by atoms with Gasteiger partial charge in [0.1, 0.15) is 6.54 Å². The molecule has 6 nitrogen and oxygen atoms in total. The van der Waals surface area contributed by atoms with Gasteiger partial charge in [-0.25, -0.2) is 0 Å². The number of hydrogen-bond donors (Lipinski definition) is 1. The number of halogens is 1. The molecule has 3 amide bonds. The molecule has 0 spiro atoms. The number of imide groups is 1. The van der Waals surface area contributed by atoms with Gasteiger partial charge in [-0.1, -0.05) is 12.1 Å². The van der Waals surface area contributed by atoms with Crippen LogP contribution in [0.3, 0.4) is 0 Å². The minimum atomic E-state index is -0.402. The number of nitrogens with one attached hydrogen (secondary N) is 1. The van der Waals surface area contributed by atoms with Crippen molar-refractivity contribution in [1.82, 2.24) is 15.1 Å². The average molecular weight is 312 g/mol. The number of fused-ring (bicyclic) bond motifs is 1. The van der Waals surface area contributed by atoms with Crippen molar-refractivity contribution in [2.24, 2.45) is 0 Å². The number of carbonyl (C=O) groups excluding carboxylic acids is 3. The molecule has 0 bridgehead atoms. The van der Waals surface area contributed by atoms with E-state index >= 15 is 0 Å². The Morgan fingerprint density at radius 3 is 2.19 bits per heavy atom. The van der Waals surface area contributed by atoms with Crippen LogP contribution in [0.15, 0.2) is 24.3 Å². The van der Waals surface area contributed by atoms with E-state index in [0.717, 1.165) is 4.90 Å². The van der Waals surface area contributed by atoms with Gasteiger partial charge in [0.2, 0.25) is 5.91 Å². The first kappa shape index (κ1) is 17.1. The van der Waals surface area contributed by atoms with Crippen molar-refractivity contribution in [2.75, 3.05) is 33.7 Å². The summed E-state index contributed by atoms with van der Waals surface area (Å²) in [5.41, 5.74) is 0.728. The topological polar surface area (TPSA) is 69.7 Å². The van der Waals surface area contributed by atoms with Crippen molar-refractivity contribution >= 4 is 30.1 Å². The fraction of sp³-hybridized carbons (Fsp3) is 0.357. The number of hydrogen-bond acceptors (Lipinski definition) is 4. The van der Waals surface area contributed by atoms with Crippen molar-refractivity contribution in [3.05, 3.63) is 35.4 Å². The van der Waals surface area contributed by atoms with E-state index in [9.17, 15) is 14.4 Å². The van der Waals surface area contributed by atoms with Gasteiger partial charge < -0.3 is 10.2 Å².